The molecule has 0 saturated heterocycles. The van der Waals surface area contributed by atoms with Crippen molar-refractivity contribution in [2.75, 3.05) is 7.11 Å². The first-order chi connectivity index (χ1) is 10.5. The zero-order valence-electron chi connectivity index (χ0n) is 11.9. The topological polar surface area (TPSA) is 95.4 Å². The van der Waals surface area contributed by atoms with Crippen LogP contribution in [0.5, 0.6) is 5.75 Å². The molecule has 0 aliphatic rings. The summed E-state index contributed by atoms with van der Waals surface area (Å²) in [5, 5.41) is 4.13. The van der Waals surface area contributed by atoms with Gasteiger partial charge in [-0.3, -0.25) is 4.79 Å². The van der Waals surface area contributed by atoms with Crippen molar-refractivity contribution in [3.8, 4) is 17.0 Å². The van der Waals surface area contributed by atoms with Crippen LogP contribution in [0.15, 0.2) is 24.3 Å². The van der Waals surface area contributed by atoms with Crippen molar-refractivity contribution in [2.45, 2.75) is 6.92 Å². The Morgan fingerprint density at radius 3 is 2.55 bits per heavy atom. The molecule has 0 saturated carbocycles. The van der Waals surface area contributed by atoms with Gasteiger partial charge in [-0.25, -0.2) is 4.98 Å². The largest absolute Gasteiger partial charge is 0.497 e. The molecular formula is C14H12ClN5O2. The molecule has 3 aromatic rings. The summed E-state index contributed by atoms with van der Waals surface area (Å²) in [7, 11) is 1.58. The third-order valence-corrected chi connectivity index (χ3v) is 3.41. The van der Waals surface area contributed by atoms with Crippen LogP contribution in [0.1, 0.15) is 16.1 Å². The van der Waals surface area contributed by atoms with Crippen LogP contribution >= 0.6 is 11.6 Å². The van der Waals surface area contributed by atoms with Gasteiger partial charge in [-0.05, 0) is 42.8 Å². The number of hydrogen-bond donors (Lipinski definition) is 1. The maximum atomic E-state index is 11.9. The van der Waals surface area contributed by atoms with E-state index >= 15 is 0 Å². The first kappa shape index (κ1) is 14.3. The smallest absolute Gasteiger partial charge is 0.254 e. The molecule has 7 nitrogen and oxygen atoms in total. The number of carbonyl (C=O) groups is 1. The van der Waals surface area contributed by atoms with Gasteiger partial charge in [0.05, 0.1) is 24.1 Å². The number of hydrogen-bond acceptors (Lipinski definition) is 5. The molecule has 2 aromatic heterocycles. The van der Waals surface area contributed by atoms with E-state index in [2.05, 4.69) is 15.1 Å². The van der Waals surface area contributed by atoms with Crippen LogP contribution in [0.2, 0.25) is 5.28 Å². The monoisotopic (exact) mass is 317 g/mol. The minimum Gasteiger partial charge on any atom is -0.497 e. The first-order valence-corrected chi connectivity index (χ1v) is 6.76. The number of nitrogens with zero attached hydrogens (tertiary/aromatic N) is 4. The minimum atomic E-state index is -0.593. The van der Waals surface area contributed by atoms with Crippen molar-refractivity contribution >= 4 is 23.3 Å². The van der Waals surface area contributed by atoms with E-state index in [1.807, 2.05) is 0 Å². The molecule has 112 valence electrons. The van der Waals surface area contributed by atoms with Crippen molar-refractivity contribution in [1.29, 1.82) is 0 Å². The van der Waals surface area contributed by atoms with Gasteiger partial charge in [-0.2, -0.15) is 9.50 Å². The molecule has 2 N–H and O–H groups in total. The zero-order valence-corrected chi connectivity index (χ0v) is 12.6. The lowest BCUT2D eigenvalue weighted by molar-refractivity contribution is 0.0999. The molecule has 3 rings (SSSR count). The normalized spacial score (nSPS) is 10.9. The quantitative estimate of drug-likeness (QED) is 0.795. The van der Waals surface area contributed by atoms with Crippen LogP contribution in [0.3, 0.4) is 0 Å². The second-order valence-corrected chi connectivity index (χ2v) is 4.94. The lowest BCUT2D eigenvalue weighted by Gasteiger charge is -2.11. The summed E-state index contributed by atoms with van der Waals surface area (Å²) in [6.45, 7) is 1.69. The highest BCUT2D eigenvalue weighted by Gasteiger charge is 2.21. The van der Waals surface area contributed by atoms with Gasteiger partial charge in [0.15, 0.2) is 0 Å². The Kier molecular flexibility index (Phi) is 3.42. The summed E-state index contributed by atoms with van der Waals surface area (Å²) in [4.78, 5) is 20.1. The molecule has 1 aromatic carbocycles. The van der Waals surface area contributed by atoms with Gasteiger partial charge in [0.1, 0.15) is 5.75 Å². The SMILES string of the molecule is COc1ccc(-c2c(C(N)=O)c(C)nc3nc(Cl)nn23)cc1. The molecule has 0 atom stereocenters. The van der Waals surface area contributed by atoms with Gasteiger partial charge in [0.2, 0.25) is 5.28 Å². The fourth-order valence-electron chi connectivity index (χ4n) is 2.30. The maximum Gasteiger partial charge on any atom is 0.254 e. The number of amides is 1. The minimum absolute atomic E-state index is 0.0447. The van der Waals surface area contributed by atoms with Gasteiger partial charge in [0.25, 0.3) is 11.7 Å². The van der Waals surface area contributed by atoms with Crippen LogP contribution in [0, 0.1) is 6.92 Å². The number of aryl methyl sites for hydroxylation is 1. The van der Waals surface area contributed by atoms with Crippen LogP contribution in [0.25, 0.3) is 17.0 Å². The Balaban J connectivity index is 2.37. The van der Waals surface area contributed by atoms with E-state index in [0.29, 0.717) is 22.9 Å². The van der Waals surface area contributed by atoms with E-state index in [1.54, 1.807) is 38.3 Å². The average molecular weight is 318 g/mol. The van der Waals surface area contributed by atoms with Gasteiger partial charge in [-0.15, -0.1) is 5.10 Å². The highest BCUT2D eigenvalue weighted by Crippen LogP contribution is 2.27. The molecule has 0 fully saturated rings. The van der Waals surface area contributed by atoms with Crippen molar-refractivity contribution in [1.82, 2.24) is 19.6 Å². The summed E-state index contributed by atoms with van der Waals surface area (Å²) in [6, 6.07) is 7.16. The summed E-state index contributed by atoms with van der Waals surface area (Å²) < 4.78 is 6.55. The van der Waals surface area contributed by atoms with E-state index < -0.39 is 5.91 Å². The molecule has 1 amide bonds. The van der Waals surface area contributed by atoms with Gasteiger partial charge >= 0.3 is 0 Å². The van der Waals surface area contributed by atoms with E-state index in [0.717, 1.165) is 5.56 Å². The number of benzene rings is 1. The maximum absolute atomic E-state index is 11.9. The summed E-state index contributed by atoms with van der Waals surface area (Å²) in [5.41, 5.74) is 7.48. The summed E-state index contributed by atoms with van der Waals surface area (Å²) in [5.74, 6) is 0.408. The number of aromatic nitrogens is 4. The Morgan fingerprint density at radius 2 is 1.95 bits per heavy atom. The third-order valence-electron chi connectivity index (χ3n) is 3.25. The summed E-state index contributed by atoms with van der Waals surface area (Å²) >= 11 is 5.86. The number of fused-ring (bicyclic) bond motifs is 1. The van der Waals surface area contributed by atoms with E-state index in [-0.39, 0.29) is 10.8 Å². The standard InChI is InChI=1S/C14H12ClN5O2/c1-7-10(12(16)21)11(8-3-5-9(22-2)6-4-8)20-14(17-7)18-13(15)19-20/h3-6H,1-2H3,(H2,16,21). The molecule has 0 aliphatic carbocycles. The molecule has 8 heteroatoms. The number of halogens is 1. The number of carbonyl (C=O) groups excluding carboxylic acids is 1. The Labute approximate surface area is 130 Å². The van der Waals surface area contributed by atoms with Crippen molar-refractivity contribution in [3.05, 3.63) is 40.8 Å². The second kappa shape index (κ2) is 5.27. The predicted molar refractivity (Wildman–Crippen MR) is 81.0 cm³/mol. The number of ether oxygens (including phenoxy) is 1. The number of methoxy groups -OCH3 is 1. The number of rotatable bonds is 3. The molecule has 2 heterocycles. The average Bonchev–Trinajstić information content (AvgIpc) is 2.85. The van der Waals surface area contributed by atoms with Gasteiger partial charge in [0, 0.05) is 5.56 Å². The summed E-state index contributed by atoms with van der Waals surface area (Å²) in [6.07, 6.45) is 0. The Hall–Kier alpha value is -2.67. The van der Waals surface area contributed by atoms with Crippen LogP contribution in [-0.2, 0) is 0 Å². The van der Waals surface area contributed by atoms with Crippen LogP contribution < -0.4 is 10.5 Å². The van der Waals surface area contributed by atoms with Crippen LogP contribution in [0.4, 0.5) is 0 Å². The molecule has 0 unspecified atom stereocenters. The molecule has 0 bridgehead atoms. The van der Waals surface area contributed by atoms with Crippen molar-refractivity contribution < 1.29 is 9.53 Å². The number of primary amides is 1. The molecular weight excluding hydrogens is 306 g/mol. The fraction of sp³-hybridized carbons (Fsp3) is 0.143. The molecule has 0 aliphatic heterocycles. The van der Waals surface area contributed by atoms with Crippen molar-refractivity contribution in [3.63, 3.8) is 0 Å². The second-order valence-electron chi connectivity index (χ2n) is 4.61. The Bertz CT molecular complexity index is 873. The number of nitrogens with two attached hydrogens (primary N) is 1. The van der Waals surface area contributed by atoms with Crippen LogP contribution in [-0.4, -0.2) is 32.6 Å². The lowest BCUT2D eigenvalue weighted by atomic mass is 10.0. The van der Waals surface area contributed by atoms with Gasteiger partial charge in [-0.1, -0.05) is 0 Å². The third kappa shape index (κ3) is 2.25. The Morgan fingerprint density at radius 1 is 1.27 bits per heavy atom. The van der Waals surface area contributed by atoms with Crippen molar-refractivity contribution in [2.24, 2.45) is 5.73 Å². The lowest BCUT2D eigenvalue weighted by Crippen LogP contribution is -2.18. The van der Waals surface area contributed by atoms with E-state index in [9.17, 15) is 4.79 Å². The first-order valence-electron chi connectivity index (χ1n) is 6.38. The van der Waals surface area contributed by atoms with Gasteiger partial charge < -0.3 is 10.5 Å². The highest BCUT2D eigenvalue weighted by atomic mass is 35.5. The predicted octanol–water partition coefficient (Wildman–Crippen LogP) is 1.86. The van der Waals surface area contributed by atoms with E-state index in [1.165, 1.54) is 4.52 Å². The van der Waals surface area contributed by atoms with E-state index in [4.69, 9.17) is 22.1 Å². The molecule has 22 heavy (non-hydrogen) atoms. The molecule has 0 radical (unpaired) electrons. The molecule has 0 spiro atoms. The zero-order chi connectivity index (χ0) is 15.9. The highest BCUT2D eigenvalue weighted by molar-refractivity contribution is 6.28. The fourth-order valence-corrected chi connectivity index (χ4v) is 2.45.